The van der Waals surface area contributed by atoms with Crippen LogP contribution in [0.25, 0.3) is 0 Å². The average Bonchev–Trinajstić information content (AvgIpc) is 2.72. The van der Waals surface area contributed by atoms with Crippen molar-refractivity contribution in [3.05, 3.63) is 58.1 Å². The van der Waals surface area contributed by atoms with Gasteiger partial charge >= 0.3 is 0 Å². The van der Waals surface area contributed by atoms with Crippen molar-refractivity contribution in [2.45, 2.75) is 25.5 Å². The highest BCUT2D eigenvalue weighted by molar-refractivity contribution is 9.10. The lowest BCUT2D eigenvalue weighted by molar-refractivity contribution is -0.0266. The highest BCUT2D eigenvalue weighted by Crippen LogP contribution is 2.36. The molecule has 2 atom stereocenters. The summed E-state index contributed by atoms with van der Waals surface area (Å²) in [6, 6.07) is 15.4. The Morgan fingerprint density at radius 1 is 1.15 bits per heavy atom. The number of fused-ring (bicyclic) bond motifs is 1. The molecule has 4 rings (SSSR count). The third-order valence-electron chi connectivity index (χ3n) is 5.81. The molecule has 0 radical (unpaired) electrons. The van der Waals surface area contributed by atoms with Gasteiger partial charge in [-0.25, -0.2) is 0 Å². The van der Waals surface area contributed by atoms with E-state index in [0.29, 0.717) is 6.04 Å². The Balaban J connectivity index is 1.60. The highest BCUT2D eigenvalue weighted by atomic mass is 79.9. The zero-order valence-electron chi connectivity index (χ0n) is 16.0. The molecular weight excluding hydrogens is 404 g/mol. The largest absolute Gasteiger partial charge is 0.497 e. The predicted molar refractivity (Wildman–Crippen MR) is 113 cm³/mol. The third kappa shape index (κ3) is 3.86. The topological polar surface area (TPSA) is 24.9 Å². The first-order valence-electron chi connectivity index (χ1n) is 9.72. The lowest BCUT2D eigenvalue weighted by Gasteiger charge is -2.46. The maximum atomic E-state index is 6.33. The van der Waals surface area contributed by atoms with Gasteiger partial charge in [-0.1, -0.05) is 28.9 Å². The average molecular weight is 431 g/mol. The summed E-state index contributed by atoms with van der Waals surface area (Å²) in [6.07, 6.45) is 1.12. The molecule has 2 aromatic carbocycles. The van der Waals surface area contributed by atoms with Gasteiger partial charge < -0.3 is 14.4 Å². The van der Waals surface area contributed by atoms with Crippen LogP contribution in [0.4, 0.5) is 5.69 Å². The molecule has 0 aromatic heterocycles. The van der Waals surface area contributed by atoms with E-state index in [1.807, 2.05) is 12.1 Å². The Morgan fingerprint density at radius 3 is 2.70 bits per heavy atom. The van der Waals surface area contributed by atoms with Crippen molar-refractivity contribution in [3.8, 4) is 5.75 Å². The second-order valence-electron chi connectivity index (χ2n) is 7.22. The highest BCUT2D eigenvalue weighted by Gasteiger charge is 2.36. The van der Waals surface area contributed by atoms with E-state index >= 15 is 0 Å². The fourth-order valence-electron chi connectivity index (χ4n) is 4.33. The predicted octanol–water partition coefficient (Wildman–Crippen LogP) is 4.28. The molecule has 0 bridgehead atoms. The van der Waals surface area contributed by atoms with Gasteiger partial charge in [0.05, 0.1) is 25.9 Å². The SMILES string of the molecule is CCN1CCN(c2ccc(OC)cc2)CC1C1OCCc2cc(Br)ccc21. The van der Waals surface area contributed by atoms with Gasteiger partial charge in [0.25, 0.3) is 0 Å². The number of halogens is 1. The first kappa shape index (κ1) is 18.8. The van der Waals surface area contributed by atoms with Crippen LogP contribution in [0.3, 0.4) is 0 Å². The van der Waals surface area contributed by atoms with Crippen molar-refractivity contribution in [1.29, 1.82) is 0 Å². The van der Waals surface area contributed by atoms with E-state index < -0.39 is 0 Å². The van der Waals surface area contributed by atoms with Crippen molar-refractivity contribution in [2.24, 2.45) is 0 Å². The minimum atomic E-state index is 0.128. The number of likely N-dealkylation sites (N-methyl/N-ethyl adjacent to an activating group) is 1. The van der Waals surface area contributed by atoms with Crippen LogP contribution in [-0.4, -0.2) is 50.8 Å². The number of nitrogens with zero attached hydrogens (tertiary/aromatic N) is 2. The van der Waals surface area contributed by atoms with E-state index in [0.717, 1.165) is 49.4 Å². The molecule has 144 valence electrons. The Labute approximate surface area is 170 Å². The molecule has 4 nitrogen and oxygen atoms in total. The zero-order chi connectivity index (χ0) is 18.8. The number of rotatable bonds is 4. The molecule has 2 aliphatic rings. The summed E-state index contributed by atoms with van der Waals surface area (Å²) in [5.74, 6) is 0.901. The summed E-state index contributed by atoms with van der Waals surface area (Å²) in [4.78, 5) is 5.05. The lowest BCUT2D eigenvalue weighted by Crippen LogP contribution is -2.56. The summed E-state index contributed by atoms with van der Waals surface area (Å²) >= 11 is 3.61. The molecule has 2 aliphatic heterocycles. The lowest BCUT2D eigenvalue weighted by atomic mass is 9.91. The Kier molecular flexibility index (Phi) is 5.71. The summed E-state index contributed by atoms with van der Waals surface area (Å²) in [7, 11) is 1.71. The maximum Gasteiger partial charge on any atom is 0.119 e. The number of anilines is 1. The number of hydrogen-bond acceptors (Lipinski definition) is 4. The molecule has 0 amide bonds. The van der Waals surface area contributed by atoms with Crippen LogP contribution in [-0.2, 0) is 11.2 Å². The zero-order valence-corrected chi connectivity index (χ0v) is 17.6. The molecule has 2 aromatic rings. The van der Waals surface area contributed by atoms with Crippen LogP contribution in [0.15, 0.2) is 46.9 Å². The van der Waals surface area contributed by atoms with Crippen molar-refractivity contribution in [2.75, 3.05) is 44.8 Å². The third-order valence-corrected chi connectivity index (χ3v) is 6.30. The van der Waals surface area contributed by atoms with Crippen LogP contribution >= 0.6 is 15.9 Å². The summed E-state index contributed by atoms with van der Waals surface area (Å²) in [6.45, 7) is 7.16. The summed E-state index contributed by atoms with van der Waals surface area (Å²) in [5, 5.41) is 0. The fraction of sp³-hybridized carbons (Fsp3) is 0.455. The van der Waals surface area contributed by atoms with Crippen molar-refractivity contribution < 1.29 is 9.47 Å². The van der Waals surface area contributed by atoms with E-state index in [2.05, 4.69) is 63.0 Å². The molecule has 1 fully saturated rings. The second kappa shape index (κ2) is 8.21. The van der Waals surface area contributed by atoms with Crippen LogP contribution < -0.4 is 9.64 Å². The molecule has 5 heteroatoms. The van der Waals surface area contributed by atoms with Crippen LogP contribution in [0.5, 0.6) is 5.75 Å². The molecule has 2 unspecified atom stereocenters. The fourth-order valence-corrected chi connectivity index (χ4v) is 4.74. The number of ether oxygens (including phenoxy) is 2. The van der Waals surface area contributed by atoms with E-state index in [9.17, 15) is 0 Å². The smallest absolute Gasteiger partial charge is 0.119 e. The molecule has 0 aliphatic carbocycles. The van der Waals surface area contributed by atoms with Gasteiger partial charge in [-0.2, -0.15) is 0 Å². The summed E-state index contributed by atoms with van der Waals surface area (Å²) in [5.41, 5.74) is 4.02. The van der Waals surface area contributed by atoms with E-state index in [1.165, 1.54) is 16.8 Å². The van der Waals surface area contributed by atoms with Gasteiger partial charge in [-0.3, -0.25) is 4.90 Å². The molecule has 0 N–H and O–H groups in total. The maximum absolute atomic E-state index is 6.33. The molecular formula is C22H27BrN2O2. The first-order valence-corrected chi connectivity index (χ1v) is 10.5. The molecule has 27 heavy (non-hydrogen) atoms. The Bertz CT molecular complexity index is 780. The number of methoxy groups -OCH3 is 1. The molecule has 1 saturated heterocycles. The van der Waals surface area contributed by atoms with Crippen molar-refractivity contribution >= 4 is 21.6 Å². The first-order chi connectivity index (χ1) is 13.2. The van der Waals surface area contributed by atoms with Gasteiger partial charge in [-0.05, 0) is 60.5 Å². The summed E-state index contributed by atoms with van der Waals surface area (Å²) < 4.78 is 12.8. The minimum Gasteiger partial charge on any atom is -0.497 e. The normalized spacial score (nSPS) is 23.1. The van der Waals surface area contributed by atoms with Gasteiger partial charge in [-0.15, -0.1) is 0 Å². The standard InChI is InChI=1S/C22H27BrN2O2/c1-3-24-11-12-25(18-5-7-19(26-2)8-6-18)15-21(24)22-20-9-4-17(23)14-16(20)10-13-27-22/h4-9,14,21-22H,3,10-13,15H2,1-2H3. The van der Waals surface area contributed by atoms with E-state index in [-0.39, 0.29) is 6.10 Å². The Morgan fingerprint density at radius 2 is 1.96 bits per heavy atom. The van der Waals surface area contributed by atoms with Gasteiger partial charge in [0, 0.05) is 29.8 Å². The van der Waals surface area contributed by atoms with Crippen molar-refractivity contribution in [1.82, 2.24) is 4.90 Å². The van der Waals surface area contributed by atoms with Gasteiger partial charge in [0.1, 0.15) is 5.75 Å². The Hall–Kier alpha value is -1.56. The van der Waals surface area contributed by atoms with Crippen molar-refractivity contribution in [3.63, 3.8) is 0 Å². The number of hydrogen-bond donors (Lipinski definition) is 0. The number of benzene rings is 2. The van der Waals surface area contributed by atoms with Gasteiger partial charge in [0.15, 0.2) is 0 Å². The van der Waals surface area contributed by atoms with Crippen LogP contribution in [0, 0.1) is 0 Å². The van der Waals surface area contributed by atoms with Crippen LogP contribution in [0.2, 0.25) is 0 Å². The molecule has 0 spiro atoms. The van der Waals surface area contributed by atoms with E-state index in [4.69, 9.17) is 9.47 Å². The second-order valence-corrected chi connectivity index (χ2v) is 8.14. The van der Waals surface area contributed by atoms with Crippen LogP contribution in [0.1, 0.15) is 24.2 Å². The molecule has 0 saturated carbocycles. The quantitative estimate of drug-likeness (QED) is 0.722. The van der Waals surface area contributed by atoms with Gasteiger partial charge in [0.2, 0.25) is 0 Å². The minimum absolute atomic E-state index is 0.128. The number of piperazine rings is 1. The molecule has 2 heterocycles. The van der Waals surface area contributed by atoms with E-state index in [1.54, 1.807) is 7.11 Å². The monoisotopic (exact) mass is 430 g/mol.